The Balaban J connectivity index is 1.32. The molecular weight excluding hydrogens is 413 g/mol. The number of halogens is 2. The number of ether oxygens (including phenoxy) is 1. The van der Waals surface area contributed by atoms with Crippen LogP contribution >= 0.6 is 22.9 Å². The molecule has 0 aliphatic carbocycles. The fourth-order valence-electron chi connectivity index (χ4n) is 3.61. The van der Waals surface area contributed by atoms with Crippen LogP contribution in [0.2, 0.25) is 5.02 Å². The Labute approximate surface area is 178 Å². The highest BCUT2D eigenvalue weighted by Crippen LogP contribution is 2.34. The number of aliphatic hydroxyl groups excluding tert-OH is 1. The minimum absolute atomic E-state index is 0.0614. The lowest BCUT2D eigenvalue weighted by Crippen LogP contribution is -2.54. The first-order chi connectivity index (χ1) is 14.0. The van der Waals surface area contributed by atoms with Gasteiger partial charge in [-0.2, -0.15) is 0 Å². The summed E-state index contributed by atoms with van der Waals surface area (Å²) in [6.45, 7) is 5.14. The van der Waals surface area contributed by atoms with E-state index in [9.17, 15) is 9.50 Å². The summed E-state index contributed by atoms with van der Waals surface area (Å²) in [4.78, 5) is 9.23. The number of rotatable bonds is 6. The Kier molecular flexibility index (Phi) is 6.20. The zero-order valence-electron chi connectivity index (χ0n) is 16.1. The highest BCUT2D eigenvalue weighted by molar-refractivity contribution is 7.22. The molecule has 0 saturated carbocycles. The second-order valence-corrected chi connectivity index (χ2v) is 8.70. The van der Waals surface area contributed by atoms with Crippen LogP contribution in [0.15, 0.2) is 42.5 Å². The number of β-amino-alcohol motifs (C(OH)–C–C–N with tert-alkyl or cyclic N) is 1. The van der Waals surface area contributed by atoms with Gasteiger partial charge < -0.3 is 14.7 Å². The van der Waals surface area contributed by atoms with E-state index in [-0.39, 0.29) is 18.4 Å². The van der Waals surface area contributed by atoms with Gasteiger partial charge in [0.1, 0.15) is 18.2 Å². The maximum absolute atomic E-state index is 13.6. The molecule has 2 unspecified atom stereocenters. The summed E-state index contributed by atoms with van der Waals surface area (Å²) in [6, 6.07) is 12.3. The van der Waals surface area contributed by atoms with Gasteiger partial charge in [-0.25, -0.2) is 9.37 Å². The molecule has 29 heavy (non-hydrogen) atoms. The second-order valence-electron chi connectivity index (χ2n) is 7.28. The van der Waals surface area contributed by atoms with Crippen LogP contribution in [0.5, 0.6) is 5.75 Å². The van der Waals surface area contributed by atoms with Gasteiger partial charge >= 0.3 is 0 Å². The van der Waals surface area contributed by atoms with Crippen molar-refractivity contribution in [2.24, 2.45) is 0 Å². The van der Waals surface area contributed by atoms with Crippen molar-refractivity contribution in [3.05, 3.63) is 53.3 Å². The van der Waals surface area contributed by atoms with Crippen LogP contribution in [0, 0.1) is 5.82 Å². The summed E-state index contributed by atoms with van der Waals surface area (Å²) in [6.07, 6.45) is -0.686. The normalized spacial score (nSPS) is 18.9. The highest BCUT2D eigenvalue weighted by Gasteiger charge is 2.27. The predicted molar refractivity (Wildman–Crippen MR) is 116 cm³/mol. The second kappa shape index (κ2) is 8.83. The fourth-order valence-corrected chi connectivity index (χ4v) is 5.00. The first kappa shape index (κ1) is 20.3. The van der Waals surface area contributed by atoms with E-state index in [1.807, 2.05) is 18.2 Å². The van der Waals surface area contributed by atoms with E-state index in [1.165, 1.54) is 6.07 Å². The lowest BCUT2D eigenvalue weighted by molar-refractivity contribution is 0.0610. The Hall–Kier alpha value is -1.93. The standard InChI is InChI=1S/C21H23ClFN3O2S/c1-14-11-25(12-15(27)13-28-18-7-3-2-6-17(18)23)9-10-26(14)21-24-20-16(22)5-4-8-19(20)29-21/h2-8,14-15,27H,9-13H2,1H3. The van der Waals surface area contributed by atoms with Gasteiger partial charge in [-0.3, -0.25) is 4.90 Å². The van der Waals surface area contributed by atoms with Crippen molar-refractivity contribution >= 4 is 38.3 Å². The number of fused-ring (bicyclic) bond motifs is 1. The topological polar surface area (TPSA) is 48.8 Å². The zero-order chi connectivity index (χ0) is 20.4. The van der Waals surface area contributed by atoms with E-state index in [4.69, 9.17) is 21.3 Å². The summed E-state index contributed by atoms with van der Waals surface area (Å²) in [5.41, 5.74) is 0.851. The molecule has 5 nitrogen and oxygen atoms in total. The molecule has 2 atom stereocenters. The molecule has 3 aromatic rings. The monoisotopic (exact) mass is 435 g/mol. The number of para-hydroxylation sites is 2. The van der Waals surface area contributed by atoms with Crippen LogP contribution in [0.3, 0.4) is 0 Å². The maximum atomic E-state index is 13.6. The molecule has 1 saturated heterocycles. The number of nitrogens with zero attached hydrogens (tertiary/aromatic N) is 3. The minimum Gasteiger partial charge on any atom is -0.488 e. The number of aliphatic hydroxyl groups is 1. The quantitative estimate of drug-likeness (QED) is 0.633. The van der Waals surface area contributed by atoms with Crippen LogP contribution in [0.4, 0.5) is 9.52 Å². The molecule has 1 aliphatic rings. The van der Waals surface area contributed by atoms with Crippen molar-refractivity contribution < 1.29 is 14.2 Å². The van der Waals surface area contributed by atoms with Gasteiger partial charge in [0, 0.05) is 32.2 Å². The summed E-state index contributed by atoms with van der Waals surface area (Å²) in [5.74, 6) is -0.253. The van der Waals surface area contributed by atoms with Crippen molar-refractivity contribution in [3.8, 4) is 5.75 Å². The third kappa shape index (κ3) is 4.64. The van der Waals surface area contributed by atoms with E-state index >= 15 is 0 Å². The average molecular weight is 436 g/mol. The van der Waals surface area contributed by atoms with Gasteiger partial charge in [0.25, 0.3) is 0 Å². The maximum Gasteiger partial charge on any atom is 0.186 e. The molecule has 1 N–H and O–H groups in total. The van der Waals surface area contributed by atoms with Gasteiger partial charge in [-0.05, 0) is 31.2 Å². The Morgan fingerprint density at radius 3 is 2.86 bits per heavy atom. The molecular formula is C21H23ClFN3O2S. The molecule has 0 spiro atoms. The van der Waals surface area contributed by atoms with E-state index in [1.54, 1.807) is 29.5 Å². The molecule has 0 bridgehead atoms. The van der Waals surface area contributed by atoms with Crippen molar-refractivity contribution in [1.29, 1.82) is 0 Å². The number of anilines is 1. The molecule has 1 aromatic heterocycles. The molecule has 4 rings (SSSR count). The van der Waals surface area contributed by atoms with Gasteiger partial charge in [-0.15, -0.1) is 0 Å². The lowest BCUT2D eigenvalue weighted by Gasteiger charge is -2.40. The predicted octanol–water partition coefficient (Wildman–Crippen LogP) is 4.04. The van der Waals surface area contributed by atoms with Gasteiger partial charge in [0.15, 0.2) is 16.7 Å². The van der Waals surface area contributed by atoms with E-state index in [2.05, 4.69) is 16.7 Å². The summed E-state index contributed by atoms with van der Waals surface area (Å²) >= 11 is 7.92. The molecule has 154 valence electrons. The van der Waals surface area contributed by atoms with Crippen molar-refractivity contribution in [3.63, 3.8) is 0 Å². The molecule has 1 aliphatic heterocycles. The van der Waals surface area contributed by atoms with Gasteiger partial charge in [0.2, 0.25) is 0 Å². The first-order valence-corrected chi connectivity index (χ1v) is 10.8. The van der Waals surface area contributed by atoms with Gasteiger partial charge in [0.05, 0.1) is 9.72 Å². The minimum atomic E-state index is -0.686. The summed E-state index contributed by atoms with van der Waals surface area (Å²) in [5, 5.41) is 12.0. The number of benzene rings is 2. The zero-order valence-corrected chi connectivity index (χ0v) is 17.7. The van der Waals surface area contributed by atoms with Crippen LogP contribution in [0.1, 0.15) is 6.92 Å². The molecule has 2 heterocycles. The van der Waals surface area contributed by atoms with E-state index in [0.717, 1.165) is 35.0 Å². The third-order valence-corrected chi connectivity index (χ3v) is 6.42. The summed E-state index contributed by atoms with van der Waals surface area (Å²) < 4.78 is 20.1. The number of piperazine rings is 1. The molecule has 0 radical (unpaired) electrons. The van der Waals surface area contributed by atoms with Crippen molar-refractivity contribution in [1.82, 2.24) is 9.88 Å². The van der Waals surface area contributed by atoms with E-state index in [0.29, 0.717) is 11.6 Å². The van der Waals surface area contributed by atoms with Crippen molar-refractivity contribution in [2.45, 2.75) is 19.1 Å². The lowest BCUT2D eigenvalue weighted by atomic mass is 10.2. The SMILES string of the molecule is CC1CN(CC(O)COc2ccccc2F)CCN1c1nc2c(Cl)cccc2s1. The fraction of sp³-hybridized carbons (Fsp3) is 0.381. The Morgan fingerprint density at radius 2 is 2.10 bits per heavy atom. The molecule has 2 aromatic carbocycles. The Morgan fingerprint density at radius 1 is 1.28 bits per heavy atom. The van der Waals surface area contributed by atoms with Crippen molar-refractivity contribution in [2.75, 3.05) is 37.7 Å². The van der Waals surface area contributed by atoms with Crippen LogP contribution in [-0.4, -0.2) is 59.9 Å². The number of hydrogen-bond acceptors (Lipinski definition) is 6. The Bertz CT molecular complexity index is 985. The largest absolute Gasteiger partial charge is 0.488 e. The number of thiazole rings is 1. The first-order valence-electron chi connectivity index (χ1n) is 9.60. The molecule has 8 heteroatoms. The highest BCUT2D eigenvalue weighted by atomic mass is 35.5. The van der Waals surface area contributed by atoms with Crippen LogP contribution < -0.4 is 9.64 Å². The number of hydrogen-bond donors (Lipinski definition) is 1. The van der Waals surface area contributed by atoms with Crippen LogP contribution in [0.25, 0.3) is 10.2 Å². The smallest absolute Gasteiger partial charge is 0.186 e. The average Bonchev–Trinajstić information content (AvgIpc) is 3.13. The van der Waals surface area contributed by atoms with Gasteiger partial charge in [-0.1, -0.05) is 41.1 Å². The molecule has 1 fully saturated rings. The number of aromatic nitrogens is 1. The van der Waals surface area contributed by atoms with E-state index < -0.39 is 11.9 Å². The summed E-state index contributed by atoms with van der Waals surface area (Å²) in [7, 11) is 0. The molecule has 0 amide bonds. The van der Waals surface area contributed by atoms with Crippen LogP contribution in [-0.2, 0) is 0 Å². The third-order valence-electron chi connectivity index (χ3n) is 5.05.